The lowest BCUT2D eigenvalue weighted by Crippen LogP contribution is -2.40. The van der Waals surface area contributed by atoms with Crippen LogP contribution in [0.25, 0.3) is 0 Å². The third-order valence-electron chi connectivity index (χ3n) is 4.97. The van der Waals surface area contributed by atoms with E-state index in [0.717, 1.165) is 12.8 Å². The molecular formula is C20H24FN3O3. The summed E-state index contributed by atoms with van der Waals surface area (Å²) >= 11 is 0. The van der Waals surface area contributed by atoms with Crippen LogP contribution in [0.15, 0.2) is 35.1 Å². The topological polar surface area (TPSA) is 75.4 Å². The summed E-state index contributed by atoms with van der Waals surface area (Å²) in [6.07, 6.45) is 4.24. The van der Waals surface area contributed by atoms with E-state index in [0.29, 0.717) is 42.9 Å². The van der Waals surface area contributed by atoms with Crippen LogP contribution in [-0.4, -0.2) is 34.8 Å². The van der Waals surface area contributed by atoms with Crippen molar-refractivity contribution >= 4 is 11.8 Å². The third-order valence-corrected chi connectivity index (χ3v) is 4.97. The molecule has 2 aromatic rings. The normalized spacial score (nSPS) is 17.0. The molecule has 0 spiro atoms. The Morgan fingerprint density at radius 3 is 2.93 bits per heavy atom. The molecule has 1 atom stereocenters. The van der Waals surface area contributed by atoms with Gasteiger partial charge in [0.2, 0.25) is 5.91 Å². The molecule has 1 fully saturated rings. The molecule has 2 heterocycles. The summed E-state index contributed by atoms with van der Waals surface area (Å²) in [4.78, 5) is 30.4. The van der Waals surface area contributed by atoms with Gasteiger partial charge < -0.3 is 14.6 Å². The van der Waals surface area contributed by atoms with Crippen molar-refractivity contribution in [3.8, 4) is 0 Å². The smallest absolute Gasteiger partial charge is 0.276 e. The van der Waals surface area contributed by atoms with Crippen LogP contribution in [0.1, 0.15) is 47.5 Å². The first-order valence-electron chi connectivity index (χ1n) is 9.24. The minimum Gasteiger partial charge on any atom is -0.448 e. The highest BCUT2D eigenvalue weighted by Crippen LogP contribution is 2.23. The van der Waals surface area contributed by atoms with Gasteiger partial charge in [0.05, 0.1) is 0 Å². The van der Waals surface area contributed by atoms with E-state index in [9.17, 15) is 14.0 Å². The first-order chi connectivity index (χ1) is 13.0. The lowest BCUT2D eigenvalue weighted by molar-refractivity contribution is -0.121. The number of aromatic nitrogens is 1. The summed E-state index contributed by atoms with van der Waals surface area (Å²) in [7, 11) is 0. The van der Waals surface area contributed by atoms with Gasteiger partial charge in [-0.1, -0.05) is 18.2 Å². The number of likely N-dealkylation sites (tertiary alicyclic amines) is 1. The minimum absolute atomic E-state index is 0.103. The molecular weight excluding hydrogens is 349 g/mol. The van der Waals surface area contributed by atoms with E-state index in [2.05, 4.69) is 10.3 Å². The van der Waals surface area contributed by atoms with Gasteiger partial charge in [-0.05, 0) is 38.2 Å². The van der Waals surface area contributed by atoms with Gasteiger partial charge in [0.1, 0.15) is 11.6 Å². The summed E-state index contributed by atoms with van der Waals surface area (Å²) in [5.41, 5.74) is 0.835. The zero-order valence-electron chi connectivity index (χ0n) is 15.4. The molecule has 1 aromatic carbocycles. The van der Waals surface area contributed by atoms with Crippen LogP contribution in [0.2, 0.25) is 0 Å². The van der Waals surface area contributed by atoms with Crippen molar-refractivity contribution in [2.24, 2.45) is 5.92 Å². The van der Waals surface area contributed by atoms with E-state index in [1.165, 1.54) is 12.5 Å². The Balaban J connectivity index is 1.45. The molecule has 27 heavy (non-hydrogen) atoms. The number of carbonyl (C=O) groups is 2. The van der Waals surface area contributed by atoms with E-state index in [1.807, 2.05) is 0 Å². The second-order valence-corrected chi connectivity index (χ2v) is 6.92. The van der Waals surface area contributed by atoms with Crippen molar-refractivity contribution in [1.29, 1.82) is 0 Å². The lowest BCUT2D eigenvalue weighted by Gasteiger charge is -2.32. The fourth-order valence-electron chi connectivity index (χ4n) is 3.40. The Morgan fingerprint density at radius 1 is 1.37 bits per heavy atom. The maximum Gasteiger partial charge on any atom is 0.276 e. The number of carbonyl (C=O) groups excluding carboxylic acids is 2. The molecule has 0 radical (unpaired) electrons. The van der Waals surface area contributed by atoms with Crippen LogP contribution < -0.4 is 5.32 Å². The Labute approximate surface area is 157 Å². The molecule has 6 nitrogen and oxygen atoms in total. The van der Waals surface area contributed by atoms with Gasteiger partial charge in [0.15, 0.2) is 12.1 Å². The van der Waals surface area contributed by atoms with Crippen molar-refractivity contribution in [2.45, 2.75) is 39.2 Å². The number of benzene rings is 1. The second kappa shape index (κ2) is 8.79. The fraction of sp³-hybridized carbons (Fsp3) is 0.450. The van der Waals surface area contributed by atoms with Gasteiger partial charge in [-0.2, -0.15) is 0 Å². The number of hydrogen-bond acceptors (Lipinski definition) is 4. The zero-order chi connectivity index (χ0) is 19.2. The Bertz CT molecular complexity index is 805. The quantitative estimate of drug-likeness (QED) is 0.844. The molecule has 144 valence electrons. The van der Waals surface area contributed by atoms with E-state index in [1.54, 1.807) is 30.0 Å². The molecule has 0 aliphatic carbocycles. The summed E-state index contributed by atoms with van der Waals surface area (Å²) in [6.45, 7) is 3.22. The Kier molecular flexibility index (Phi) is 6.21. The van der Waals surface area contributed by atoms with Crippen LogP contribution >= 0.6 is 0 Å². The van der Waals surface area contributed by atoms with Crippen LogP contribution in [0.4, 0.5) is 4.39 Å². The summed E-state index contributed by atoms with van der Waals surface area (Å²) in [5.74, 6) is 0.259. The molecule has 0 saturated carbocycles. The third kappa shape index (κ3) is 4.93. The summed E-state index contributed by atoms with van der Waals surface area (Å²) in [6, 6.07) is 6.41. The lowest BCUT2D eigenvalue weighted by atomic mass is 9.93. The molecule has 0 bridgehead atoms. The van der Waals surface area contributed by atoms with Crippen LogP contribution in [0.5, 0.6) is 0 Å². The predicted molar refractivity (Wildman–Crippen MR) is 97.3 cm³/mol. The number of oxazole rings is 1. The molecule has 1 aliphatic heterocycles. The number of nitrogens with zero attached hydrogens (tertiary/aromatic N) is 2. The highest BCUT2D eigenvalue weighted by molar-refractivity contribution is 5.93. The first-order valence-corrected chi connectivity index (χ1v) is 9.24. The van der Waals surface area contributed by atoms with Crippen LogP contribution in [0, 0.1) is 18.7 Å². The maximum absolute atomic E-state index is 13.6. The minimum atomic E-state index is -0.317. The van der Waals surface area contributed by atoms with Gasteiger partial charge in [-0.25, -0.2) is 9.37 Å². The number of halogens is 1. The standard InChI is InChI=1S/C20H24FN3O3/c1-14-19(23-13-27-14)20(26)24-10-4-5-15(12-24)8-9-18(25)22-11-16-6-2-3-7-17(16)21/h2-3,6-7,13,15H,4-5,8-12H2,1H3,(H,22,25)/t15-/m0/s1. The number of amides is 2. The highest BCUT2D eigenvalue weighted by atomic mass is 19.1. The molecule has 7 heteroatoms. The average molecular weight is 373 g/mol. The van der Waals surface area contributed by atoms with Crippen molar-refractivity contribution in [3.05, 3.63) is 53.5 Å². The van der Waals surface area contributed by atoms with Crippen molar-refractivity contribution in [2.75, 3.05) is 13.1 Å². The maximum atomic E-state index is 13.6. The molecule has 1 aliphatic rings. The van der Waals surface area contributed by atoms with E-state index >= 15 is 0 Å². The number of aryl methyl sites for hydroxylation is 1. The monoisotopic (exact) mass is 373 g/mol. The SMILES string of the molecule is Cc1ocnc1C(=O)N1CCC[C@@H](CCC(=O)NCc2ccccc2F)C1. The van der Waals surface area contributed by atoms with E-state index in [-0.39, 0.29) is 30.1 Å². The van der Waals surface area contributed by atoms with Crippen LogP contribution in [0.3, 0.4) is 0 Å². The number of nitrogens with one attached hydrogen (secondary N) is 1. The number of rotatable bonds is 6. The predicted octanol–water partition coefficient (Wildman–Crippen LogP) is 3.07. The molecule has 1 N–H and O–H groups in total. The van der Waals surface area contributed by atoms with E-state index < -0.39 is 0 Å². The molecule has 3 rings (SSSR count). The average Bonchev–Trinajstić information content (AvgIpc) is 3.11. The van der Waals surface area contributed by atoms with Gasteiger partial charge in [0.25, 0.3) is 5.91 Å². The number of hydrogen-bond donors (Lipinski definition) is 1. The largest absolute Gasteiger partial charge is 0.448 e. The van der Waals surface area contributed by atoms with Crippen molar-refractivity contribution in [1.82, 2.24) is 15.2 Å². The summed E-state index contributed by atoms with van der Waals surface area (Å²) < 4.78 is 18.7. The van der Waals surface area contributed by atoms with Crippen LogP contribution in [-0.2, 0) is 11.3 Å². The zero-order valence-corrected chi connectivity index (χ0v) is 15.4. The van der Waals surface area contributed by atoms with Crippen molar-refractivity contribution < 1.29 is 18.4 Å². The van der Waals surface area contributed by atoms with Gasteiger partial charge in [0, 0.05) is 31.6 Å². The molecule has 2 amide bonds. The van der Waals surface area contributed by atoms with Gasteiger partial charge in [-0.15, -0.1) is 0 Å². The Hall–Kier alpha value is -2.70. The summed E-state index contributed by atoms with van der Waals surface area (Å²) in [5, 5.41) is 2.76. The second-order valence-electron chi connectivity index (χ2n) is 6.92. The first kappa shape index (κ1) is 19.1. The van der Waals surface area contributed by atoms with Crippen molar-refractivity contribution in [3.63, 3.8) is 0 Å². The van der Waals surface area contributed by atoms with Gasteiger partial charge in [-0.3, -0.25) is 9.59 Å². The molecule has 1 saturated heterocycles. The molecule has 1 aromatic heterocycles. The van der Waals surface area contributed by atoms with E-state index in [4.69, 9.17) is 4.42 Å². The molecule has 0 unspecified atom stereocenters. The highest BCUT2D eigenvalue weighted by Gasteiger charge is 2.27. The fourth-order valence-corrected chi connectivity index (χ4v) is 3.40. The number of piperidine rings is 1. The van der Waals surface area contributed by atoms with Gasteiger partial charge >= 0.3 is 0 Å². The Morgan fingerprint density at radius 2 is 2.19 bits per heavy atom.